The predicted octanol–water partition coefficient (Wildman–Crippen LogP) is 4.14. The maximum absolute atomic E-state index is 12.5. The Morgan fingerprint density at radius 2 is 1.85 bits per heavy atom. The lowest BCUT2D eigenvalue weighted by atomic mass is 9.97. The van der Waals surface area contributed by atoms with Gasteiger partial charge in [-0.25, -0.2) is 0 Å². The minimum atomic E-state index is -0.167. The van der Waals surface area contributed by atoms with Gasteiger partial charge in [-0.3, -0.25) is 9.59 Å². The fourth-order valence-corrected chi connectivity index (χ4v) is 3.29. The first-order chi connectivity index (χ1) is 13.2. The molecule has 0 saturated carbocycles. The SMILES string of the molecule is CCc1ccc(C=CC(=O)N2CCCC(C(=O)Nc3ccccc3)C2)cc1. The van der Waals surface area contributed by atoms with Crippen molar-refractivity contribution in [1.29, 1.82) is 0 Å². The summed E-state index contributed by atoms with van der Waals surface area (Å²) in [6.07, 6.45) is 6.11. The van der Waals surface area contributed by atoms with E-state index in [2.05, 4.69) is 24.4 Å². The zero-order valence-corrected chi connectivity index (χ0v) is 15.7. The molecule has 1 aliphatic rings. The number of hydrogen-bond donors (Lipinski definition) is 1. The van der Waals surface area contributed by atoms with Crippen LogP contribution in [0.5, 0.6) is 0 Å². The number of nitrogens with zero attached hydrogens (tertiary/aromatic N) is 1. The van der Waals surface area contributed by atoms with E-state index in [-0.39, 0.29) is 17.7 Å². The molecule has 27 heavy (non-hydrogen) atoms. The van der Waals surface area contributed by atoms with Crippen LogP contribution in [0, 0.1) is 5.92 Å². The third-order valence-corrected chi connectivity index (χ3v) is 4.95. The highest BCUT2D eigenvalue weighted by Gasteiger charge is 2.27. The van der Waals surface area contributed by atoms with E-state index in [4.69, 9.17) is 0 Å². The molecule has 3 rings (SSSR count). The Morgan fingerprint density at radius 1 is 1.11 bits per heavy atom. The van der Waals surface area contributed by atoms with E-state index in [1.54, 1.807) is 11.0 Å². The Hall–Kier alpha value is -2.88. The summed E-state index contributed by atoms with van der Waals surface area (Å²) in [7, 11) is 0. The van der Waals surface area contributed by atoms with Gasteiger partial charge >= 0.3 is 0 Å². The monoisotopic (exact) mass is 362 g/mol. The van der Waals surface area contributed by atoms with E-state index in [1.165, 1.54) is 5.56 Å². The van der Waals surface area contributed by atoms with Gasteiger partial charge in [-0.1, -0.05) is 49.4 Å². The number of rotatable bonds is 5. The number of likely N-dealkylation sites (tertiary alicyclic amines) is 1. The van der Waals surface area contributed by atoms with Crippen molar-refractivity contribution < 1.29 is 9.59 Å². The molecule has 140 valence electrons. The van der Waals surface area contributed by atoms with E-state index in [0.29, 0.717) is 13.1 Å². The van der Waals surface area contributed by atoms with E-state index < -0.39 is 0 Å². The smallest absolute Gasteiger partial charge is 0.246 e. The Bertz CT molecular complexity index is 797. The first kappa shape index (κ1) is 18.9. The minimum absolute atomic E-state index is 0.0159. The molecule has 2 aromatic carbocycles. The maximum Gasteiger partial charge on any atom is 0.246 e. The Morgan fingerprint density at radius 3 is 2.56 bits per heavy atom. The number of carbonyl (C=O) groups excluding carboxylic acids is 2. The molecule has 1 unspecified atom stereocenters. The highest BCUT2D eigenvalue weighted by atomic mass is 16.2. The number of aryl methyl sites for hydroxylation is 1. The van der Waals surface area contributed by atoms with E-state index in [9.17, 15) is 9.59 Å². The van der Waals surface area contributed by atoms with Crippen LogP contribution in [0.2, 0.25) is 0 Å². The molecule has 0 bridgehead atoms. The van der Waals surface area contributed by atoms with Crippen LogP contribution in [0.25, 0.3) is 6.08 Å². The second-order valence-corrected chi connectivity index (χ2v) is 6.91. The van der Waals surface area contributed by atoms with Gasteiger partial charge in [-0.2, -0.15) is 0 Å². The summed E-state index contributed by atoms with van der Waals surface area (Å²) in [6.45, 7) is 3.29. The van der Waals surface area contributed by atoms with Crippen LogP contribution >= 0.6 is 0 Å². The molecule has 1 saturated heterocycles. The fraction of sp³-hybridized carbons (Fsp3) is 0.304. The number of para-hydroxylation sites is 1. The van der Waals surface area contributed by atoms with Crippen molar-refractivity contribution in [2.24, 2.45) is 5.92 Å². The summed E-state index contributed by atoms with van der Waals surface area (Å²) >= 11 is 0. The van der Waals surface area contributed by atoms with Gasteiger partial charge in [-0.15, -0.1) is 0 Å². The van der Waals surface area contributed by atoms with Gasteiger partial charge in [0.05, 0.1) is 5.92 Å². The highest BCUT2D eigenvalue weighted by Crippen LogP contribution is 2.19. The molecule has 0 spiro atoms. The van der Waals surface area contributed by atoms with Crippen molar-refractivity contribution in [1.82, 2.24) is 4.90 Å². The van der Waals surface area contributed by atoms with Crippen LogP contribution in [-0.2, 0) is 16.0 Å². The van der Waals surface area contributed by atoms with Crippen molar-refractivity contribution in [2.45, 2.75) is 26.2 Å². The number of anilines is 1. The lowest BCUT2D eigenvalue weighted by molar-refractivity contribution is -0.130. The predicted molar refractivity (Wildman–Crippen MR) is 109 cm³/mol. The second kappa shape index (κ2) is 9.17. The van der Waals surface area contributed by atoms with Gasteiger partial charge in [0.1, 0.15) is 0 Å². The molecule has 4 heteroatoms. The Balaban J connectivity index is 1.57. The summed E-state index contributed by atoms with van der Waals surface area (Å²) < 4.78 is 0. The Kier molecular flexibility index (Phi) is 6.42. The van der Waals surface area contributed by atoms with Gasteiger partial charge in [0.15, 0.2) is 0 Å². The number of carbonyl (C=O) groups is 2. The van der Waals surface area contributed by atoms with Gasteiger partial charge < -0.3 is 10.2 Å². The van der Waals surface area contributed by atoms with Gasteiger partial charge in [0.2, 0.25) is 11.8 Å². The fourth-order valence-electron chi connectivity index (χ4n) is 3.29. The van der Waals surface area contributed by atoms with Crippen molar-refractivity contribution in [2.75, 3.05) is 18.4 Å². The first-order valence-electron chi connectivity index (χ1n) is 9.57. The largest absolute Gasteiger partial charge is 0.338 e. The first-order valence-corrected chi connectivity index (χ1v) is 9.57. The summed E-state index contributed by atoms with van der Waals surface area (Å²) in [6, 6.07) is 17.6. The molecule has 1 N–H and O–H groups in total. The molecule has 4 nitrogen and oxygen atoms in total. The molecule has 1 aliphatic heterocycles. The zero-order chi connectivity index (χ0) is 19.1. The van der Waals surface area contributed by atoms with E-state index >= 15 is 0 Å². The number of piperidine rings is 1. The number of hydrogen-bond acceptors (Lipinski definition) is 2. The minimum Gasteiger partial charge on any atom is -0.338 e. The van der Waals surface area contributed by atoms with Crippen molar-refractivity contribution in [3.63, 3.8) is 0 Å². The third kappa shape index (κ3) is 5.30. The number of benzene rings is 2. The standard InChI is InChI=1S/C23H26N2O2/c1-2-18-10-12-19(13-11-18)14-15-22(26)25-16-6-7-20(17-25)23(27)24-21-8-4-3-5-9-21/h3-5,8-15,20H,2,6-7,16-17H2,1H3,(H,24,27). The molecule has 2 amide bonds. The lowest BCUT2D eigenvalue weighted by Crippen LogP contribution is -2.43. The van der Waals surface area contributed by atoms with Crippen LogP contribution in [0.1, 0.15) is 30.9 Å². The topological polar surface area (TPSA) is 49.4 Å². The van der Waals surface area contributed by atoms with Crippen molar-refractivity contribution in [3.8, 4) is 0 Å². The Labute approximate surface area is 160 Å². The van der Waals surface area contributed by atoms with Crippen LogP contribution in [0.3, 0.4) is 0 Å². The number of amides is 2. The molecule has 1 heterocycles. The van der Waals surface area contributed by atoms with Gasteiger partial charge in [0.25, 0.3) is 0 Å². The van der Waals surface area contributed by atoms with Crippen LogP contribution in [0.4, 0.5) is 5.69 Å². The molecule has 1 fully saturated rings. The van der Waals surface area contributed by atoms with Crippen LogP contribution in [-0.4, -0.2) is 29.8 Å². The van der Waals surface area contributed by atoms with Crippen molar-refractivity contribution in [3.05, 3.63) is 71.8 Å². The molecule has 0 radical (unpaired) electrons. The number of nitrogens with one attached hydrogen (secondary N) is 1. The molecule has 2 aromatic rings. The quantitative estimate of drug-likeness (QED) is 0.813. The molecule has 1 atom stereocenters. The summed E-state index contributed by atoms with van der Waals surface area (Å²) in [4.78, 5) is 26.8. The van der Waals surface area contributed by atoms with Crippen LogP contribution in [0.15, 0.2) is 60.7 Å². The van der Waals surface area contributed by atoms with Crippen molar-refractivity contribution >= 4 is 23.6 Å². The summed E-state index contributed by atoms with van der Waals surface area (Å²) in [5.41, 5.74) is 3.08. The molecule has 0 aliphatic carbocycles. The van der Waals surface area contributed by atoms with Gasteiger partial charge in [0, 0.05) is 24.9 Å². The summed E-state index contributed by atoms with van der Waals surface area (Å²) in [5.74, 6) is -0.218. The second-order valence-electron chi connectivity index (χ2n) is 6.91. The van der Waals surface area contributed by atoms with Gasteiger partial charge in [-0.05, 0) is 48.6 Å². The molecular formula is C23H26N2O2. The third-order valence-electron chi connectivity index (χ3n) is 4.95. The average molecular weight is 362 g/mol. The maximum atomic E-state index is 12.5. The van der Waals surface area contributed by atoms with E-state index in [0.717, 1.165) is 30.5 Å². The average Bonchev–Trinajstić information content (AvgIpc) is 2.73. The summed E-state index contributed by atoms with van der Waals surface area (Å²) in [5, 5.41) is 2.94. The normalized spacial score (nSPS) is 17.1. The molecular weight excluding hydrogens is 336 g/mol. The van der Waals surface area contributed by atoms with E-state index in [1.807, 2.05) is 48.5 Å². The highest BCUT2D eigenvalue weighted by molar-refractivity contribution is 5.95. The molecule has 0 aromatic heterocycles. The zero-order valence-electron chi connectivity index (χ0n) is 15.7. The van der Waals surface area contributed by atoms with Crippen LogP contribution < -0.4 is 5.32 Å². The lowest BCUT2D eigenvalue weighted by Gasteiger charge is -2.31.